The van der Waals surface area contributed by atoms with E-state index in [-0.39, 0.29) is 5.91 Å². The Kier molecular flexibility index (Phi) is 1.54. The monoisotopic (exact) mass is 201 g/mol. The maximum absolute atomic E-state index is 11.6. The number of benzene rings is 1. The molecule has 0 spiro atoms. The van der Waals surface area contributed by atoms with Gasteiger partial charge in [0, 0.05) is 24.2 Å². The van der Waals surface area contributed by atoms with Crippen molar-refractivity contribution >= 4 is 22.5 Å². The van der Waals surface area contributed by atoms with Gasteiger partial charge in [-0.1, -0.05) is 6.07 Å². The van der Waals surface area contributed by atoms with E-state index in [0.717, 1.165) is 28.8 Å². The molecule has 0 unspecified atom stereocenters. The Bertz CT molecular complexity index is 556. The maximum atomic E-state index is 11.6. The van der Waals surface area contributed by atoms with Crippen LogP contribution < -0.4 is 11.1 Å². The zero-order chi connectivity index (χ0) is 10.4. The summed E-state index contributed by atoms with van der Waals surface area (Å²) in [6.45, 7) is 1.50. The van der Waals surface area contributed by atoms with Gasteiger partial charge in [0.25, 0.3) is 5.91 Å². The average Bonchev–Trinajstić information content (AvgIpc) is 2.58. The molecule has 2 heterocycles. The number of amides is 1. The molecular weight excluding hydrogens is 190 g/mol. The Morgan fingerprint density at radius 1 is 1.33 bits per heavy atom. The van der Waals surface area contributed by atoms with E-state index in [4.69, 9.17) is 5.73 Å². The van der Waals surface area contributed by atoms with E-state index in [2.05, 4.69) is 5.32 Å². The van der Waals surface area contributed by atoms with Crippen LogP contribution in [0.25, 0.3) is 10.9 Å². The van der Waals surface area contributed by atoms with Crippen molar-refractivity contribution in [3.05, 3.63) is 30.0 Å². The molecule has 4 nitrogen and oxygen atoms in total. The largest absolute Gasteiger partial charge is 0.399 e. The number of nitrogens with zero attached hydrogens (tertiary/aromatic N) is 1. The van der Waals surface area contributed by atoms with Gasteiger partial charge in [-0.25, -0.2) is 0 Å². The highest BCUT2D eigenvalue weighted by Gasteiger charge is 2.18. The summed E-state index contributed by atoms with van der Waals surface area (Å²) < 4.78 is 2.02. The summed E-state index contributed by atoms with van der Waals surface area (Å²) in [6, 6.07) is 7.62. The van der Waals surface area contributed by atoms with Gasteiger partial charge < -0.3 is 15.6 Å². The van der Waals surface area contributed by atoms with Gasteiger partial charge in [0.05, 0.1) is 5.52 Å². The van der Waals surface area contributed by atoms with Crippen LogP contribution in [0.4, 0.5) is 5.69 Å². The van der Waals surface area contributed by atoms with Crippen LogP contribution in [-0.2, 0) is 6.54 Å². The lowest BCUT2D eigenvalue weighted by molar-refractivity contribution is 0.0929. The molecule has 2 aromatic rings. The zero-order valence-electron chi connectivity index (χ0n) is 8.16. The lowest BCUT2D eigenvalue weighted by Crippen LogP contribution is -2.34. The topological polar surface area (TPSA) is 60.0 Å². The number of aromatic nitrogens is 1. The molecule has 3 rings (SSSR count). The number of nitrogens with two attached hydrogens (primary N) is 1. The Labute approximate surface area is 86.7 Å². The summed E-state index contributed by atoms with van der Waals surface area (Å²) in [5.74, 6) is -0.00368. The molecule has 1 aliphatic heterocycles. The third-order valence-corrected chi connectivity index (χ3v) is 2.78. The highest BCUT2D eigenvalue weighted by molar-refractivity contribution is 5.99. The molecule has 1 aromatic heterocycles. The molecule has 15 heavy (non-hydrogen) atoms. The second kappa shape index (κ2) is 2.76. The second-order valence-electron chi connectivity index (χ2n) is 3.76. The third-order valence-electron chi connectivity index (χ3n) is 2.78. The molecule has 0 saturated heterocycles. The minimum atomic E-state index is -0.00368. The maximum Gasteiger partial charge on any atom is 0.268 e. The van der Waals surface area contributed by atoms with Crippen molar-refractivity contribution in [2.24, 2.45) is 0 Å². The van der Waals surface area contributed by atoms with Gasteiger partial charge in [-0.2, -0.15) is 0 Å². The summed E-state index contributed by atoms with van der Waals surface area (Å²) in [7, 11) is 0. The summed E-state index contributed by atoms with van der Waals surface area (Å²) in [5, 5.41) is 3.89. The van der Waals surface area contributed by atoms with Crippen molar-refractivity contribution in [2.75, 3.05) is 12.3 Å². The first-order valence-electron chi connectivity index (χ1n) is 4.93. The number of carbonyl (C=O) groups excluding carboxylic acids is 1. The predicted molar refractivity (Wildman–Crippen MR) is 58.7 cm³/mol. The van der Waals surface area contributed by atoms with Crippen molar-refractivity contribution in [3.63, 3.8) is 0 Å². The van der Waals surface area contributed by atoms with Crippen LogP contribution in [-0.4, -0.2) is 17.0 Å². The lowest BCUT2D eigenvalue weighted by atomic mass is 10.2. The van der Waals surface area contributed by atoms with E-state index >= 15 is 0 Å². The van der Waals surface area contributed by atoms with Gasteiger partial charge in [-0.15, -0.1) is 0 Å². The summed E-state index contributed by atoms with van der Waals surface area (Å²) in [4.78, 5) is 11.6. The fraction of sp³-hybridized carbons (Fsp3) is 0.182. The summed E-state index contributed by atoms with van der Waals surface area (Å²) >= 11 is 0. The fourth-order valence-corrected chi connectivity index (χ4v) is 2.07. The first kappa shape index (κ1) is 8.35. The van der Waals surface area contributed by atoms with Crippen LogP contribution in [0, 0.1) is 0 Å². The number of anilines is 1. The molecule has 0 bridgehead atoms. The van der Waals surface area contributed by atoms with Gasteiger partial charge in [0.1, 0.15) is 5.69 Å². The number of rotatable bonds is 0. The van der Waals surface area contributed by atoms with Crippen molar-refractivity contribution < 1.29 is 4.79 Å². The Balaban J connectivity index is 2.36. The molecule has 1 amide bonds. The quantitative estimate of drug-likeness (QED) is 0.624. The molecule has 3 N–H and O–H groups in total. The first-order chi connectivity index (χ1) is 7.25. The molecule has 1 aliphatic rings. The number of hydrogen-bond donors (Lipinski definition) is 2. The highest BCUT2D eigenvalue weighted by atomic mass is 16.2. The minimum absolute atomic E-state index is 0.00368. The Morgan fingerprint density at radius 3 is 3.07 bits per heavy atom. The predicted octanol–water partition coefficient (Wildman–Crippen LogP) is 0.967. The van der Waals surface area contributed by atoms with Crippen molar-refractivity contribution in [2.45, 2.75) is 6.54 Å². The minimum Gasteiger partial charge on any atom is -0.399 e. The van der Waals surface area contributed by atoms with E-state index in [9.17, 15) is 4.79 Å². The standard InChI is InChI=1S/C11H11N3O/c12-8-2-1-7-5-10-11(15)13-3-4-14(10)9(7)6-8/h1-2,5-6H,3-4,12H2,(H,13,15). The van der Waals surface area contributed by atoms with Crippen LogP contribution in [0.3, 0.4) is 0 Å². The molecule has 0 radical (unpaired) electrons. The number of hydrogen-bond acceptors (Lipinski definition) is 2. The van der Waals surface area contributed by atoms with Crippen LogP contribution in [0.1, 0.15) is 10.5 Å². The number of carbonyl (C=O) groups is 1. The van der Waals surface area contributed by atoms with Crippen molar-refractivity contribution in [3.8, 4) is 0 Å². The SMILES string of the molecule is Nc1ccc2cc3n(c2c1)CCNC3=O. The van der Waals surface area contributed by atoms with Gasteiger partial charge in [-0.3, -0.25) is 4.79 Å². The number of fused-ring (bicyclic) bond motifs is 3. The van der Waals surface area contributed by atoms with Crippen LogP contribution in [0.15, 0.2) is 24.3 Å². The van der Waals surface area contributed by atoms with Gasteiger partial charge in [0.2, 0.25) is 0 Å². The Morgan fingerprint density at radius 2 is 2.20 bits per heavy atom. The van der Waals surface area contributed by atoms with Gasteiger partial charge in [-0.05, 0) is 18.2 Å². The smallest absolute Gasteiger partial charge is 0.268 e. The number of nitrogen functional groups attached to an aromatic ring is 1. The molecule has 4 heteroatoms. The third kappa shape index (κ3) is 1.11. The Hall–Kier alpha value is -1.97. The van der Waals surface area contributed by atoms with E-state index in [1.54, 1.807) is 0 Å². The number of nitrogens with one attached hydrogen (secondary N) is 1. The molecule has 0 aliphatic carbocycles. The van der Waals surface area contributed by atoms with Crippen LogP contribution in [0.2, 0.25) is 0 Å². The van der Waals surface area contributed by atoms with Crippen molar-refractivity contribution in [1.82, 2.24) is 9.88 Å². The molecular formula is C11H11N3O. The molecule has 0 fully saturated rings. The fourth-order valence-electron chi connectivity index (χ4n) is 2.07. The zero-order valence-corrected chi connectivity index (χ0v) is 8.16. The first-order valence-corrected chi connectivity index (χ1v) is 4.93. The summed E-state index contributed by atoms with van der Waals surface area (Å²) in [6.07, 6.45) is 0. The van der Waals surface area contributed by atoms with Crippen LogP contribution >= 0.6 is 0 Å². The normalized spacial score (nSPS) is 15.1. The van der Waals surface area contributed by atoms with Crippen molar-refractivity contribution in [1.29, 1.82) is 0 Å². The van der Waals surface area contributed by atoms with E-state index in [0.29, 0.717) is 6.54 Å². The average molecular weight is 201 g/mol. The molecule has 76 valence electrons. The molecule has 1 aromatic carbocycles. The summed E-state index contributed by atoms with van der Waals surface area (Å²) in [5.41, 5.74) is 8.23. The molecule has 0 atom stereocenters. The van der Waals surface area contributed by atoms with Gasteiger partial charge in [0.15, 0.2) is 0 Å². The van der Waals surface area contributed by atoms with Gasteiger partial charge >= 0.3 is 0 Å². The molecule has 0 saturated carbocycles. The highest BCUT2D eigenvalue weighted by Crippen LogP contribution is 2.23. The van der Waals surface area contributed by atoms with E-state index in [1.807, 2.05) is 28.8 Å². The van der Waals surface area contributed by atoms with E-state index in [1.165, 1.54) is 0 Å². The lowest BCUT2D eigenvalue weighted by Gasteiger charge is -2.16. The second-order valence-corrected chi connectivity index (χ2v) is 3.76. The van der Waals surface area contributed by atoms with Crippen LogP contribution in [0.5, 0.6) is 0 Å². The van der Waals surface area contributed by atoms with E-state index < -0.39 is 0 Å².